The van der Waals surface area contributed by atoms with Gasteiger partial charge < -0.3 is 19.5 Å². The predicted octanol–water partition coefficient (Wildman–Crippen LogP) is 1.69. The molecule has 0 aliphatic carbocycles. The van der Waals surface area contributed by atoms with Gasteiger partial charge >= 0.3 is 0 Å². The van der Waals surface area contributed by atoms with Gasteiger partial charge in [0, 0.05) is 24.9 Å². The molecule has 3 heterocycles. The zero-order chi connectivity index (χ0) is 16.7. The number of nitrogens with zero attached hydrogens (tertiary/aromatic N) is 2. The molecule has 24 heavy (non-hydrogen) atoms. The van der Waals surface area contributed by atoms with Gasteiger partial charge in [0.1, 0.15) is 12.0 Å². The number of hydrogen-bond donors (Lipinski definition) is 1. The van der Waals surface area contributed by atoms with Crippen molar-refractivity contribution in [2.24, 2.45) is 0 Å². The number of anilines is 1. The lowest BCUT2D eigenvalue weighted by atomic mass is 9.88. The van der Waals surface area contributed by atoms with Crippen molar-refractivity contribution in [3.8, 4) is 5.75 Å². The molecule has 4 rings (SSSR count). The summed E-state index contributed by atoms with van der Waals surface area (Å²) in [5.41, 5.74) is 3.23. The fourth-order valence-corrected chi connectivity index (χ4v) is 3.40. The number of benzene rings is 1. The average Bonchev–Trinajstić information content (AvgIpc) is 3.07. The molecule has 1 aromatic carbocycles. The van der Waals surface area contributed by atoms with Crippen molar-refractivity contribution in [1.82, 2.24) is 10.1 Å². The summed E-state index contributed by atoms with van der Waals surface area (Å²) in [6.45, 7) is 1.05. The number of ether oxygens (including phenoxy) is 1. The highest BCUT2D eigenvalue weighted by atomic mass is 16.5. The zero-order valence-electron chi connectivity index (χ0n) is 13.2. The van der Waals surface area contributed by atoms with E-state index in [1.165, 1.54) is 0 Å². The highest BCUT2D eigenvalue weighted by molar-refractivity contribution is 6.02. The summed E-state index contributed by atoms with van der Waals surface area (Å²) < 4.78 is 10.3. The van der Waals surface area contributed by atoms with E-state index >= 15 is 0 Å². The van der Waals surface area contributed by atoms with Crippen LogP contribution in [0.5, 0.6) is 5.75 Å². The highest BCUT2D eigenvalue weighted by Gasteiger charge is 2.36. The van der Waals surface area contributed by atoms with Crippen LogP contribution in [0.2, 0.25) is 0 Å². The van der Waals surface area contributed by atoms with Crippen LogP contribution >= 0.6 is 0 Å². The first kappa shape index (κ1) is 14.7. The monoisotopic (exact) mass is 327 g/mol. The van der Waals surface area contributed by atoms with Crippen molar-refractivity contribution in [3.05, 3.63) is 41.3 Å². The molecule has 0 saturated carbocycles. The van der Waals surface area contributed by atoms with Crippen LogP contribution < -0.4 is 10.1 Å². The number of carbonyl (C=O) groups excluding carboxylic acids is 2. The molecule has 2 aliphatic rings. The molecule has 0 fully saturated rings. The minimum atomic E-state index is -0.495. The molecule has 2 amide bonds. The molecular weight excluding hydrogens is 310 g/mol. The van der Waals surface area contributed by atoms with Crippen molar-refractivity contribution in [2.75, 3.05) is 19.0 Å². The summed E-state index contributed by atoms with van der Waals surface area (Å²) in [5.74, 6) is -0.150. The largest absolute Gasteiger partial charge is 0.495 e. The maximum absolute atomic E-state index is 13.0. The fourth-order valence-electron chi connectivity index (χ4n) is 3.40. The van der Waals surface area contributed by atoms with E-state index in [1.54, 1.807) is 24.3 Å². The van der Waals surface area contributed by atoms with Gasteiger partial charge in [0.2, 0.25) is 11.8 Å². The van der Waals surface area contributed by atoms with Crippen molar-refractivity contribution in [1.29, 1.82) is 0 Å². The lowest BCUT2D eigenvalue weighted by Crippen LogP contribution is -2.41. The Kier molecular flexibility index (Phi) is 3.48. The number of para-hydroxylation sites is 1. The highest BCUT2D eigenvalue weighted by Crippen LogP contribution is 2.39. The zero-order valence-corrected chi connectivity index (χ0v) is 13.2. The molecule has 1 atom stereocenters. The number of rotatable bonds is 2. The molecule has 0 bridgehead atoms. The maximum Gasteiger partial charge on any atom is 0.231 e. The van der Waals surface area contributed by atoms with Crippen LogP contribution in [-0.4, -0.2) is 35.5 Å². The first-order chi connectivity index (χ1) is 11.7. The first-order valence-corrected chi connectivity index (χ1v) is 7.85. The van der Waals surface area contributed by atoms with Crippen LogP contribution in [0, 0.1) is 0 Å². The second-order valence-corrected chi connectivity index (χ2v) is 6.03. The van der Waals surface area contributed by atoms with Crippen LogP contribution in [0.3, 0.4) is 0 Å². The third-order valence-electron chi connectivity index (χ3n) is 4.63. The minimum absolute atomic E-state index is 0.0498. The Morgan fingerprint density at radius 3 is 3.17 bits per heavy atom. The molecule has 0 spiro atoms. The summed E-state index contributed by atoms with van der Waals surface area (Å²) in [6.07, 6.45) is 2.40. The van der Waals surface area contributed by atoms with Crippen molar-refractivity contribution < 1.29 is 18.8 Å². The quantitative estimate of drug-likeness (QED) is 0.907. The Labute approximate surface area is 138 Å². The second kappa shape index (κ2) is 5.67. The average molecular weight is 327 g/mol. The van der Waals surface area contributed by atoms with Crippen LogP contribution in [0.15, 0.2) is 29.0 Å². The summed E-state index contributed by atoms with van der Waals surface area (Å²) in [4.78, 5) is 26.9. The Balaban J connectivity index is 1.65. The smallest absolute Gasteiger partial charge is 0.231 e. The summed E-state index contributed by atoms with van der Waals surface area (Å²) in [5, 5.41) is 6.76. The standard InChI is InChI=1S/C17H17N3O4/c1-23-14-4-2-3-11-12(7-15(21)18-16(11)14)17(22)20-6-5-13-10(8-20)9-24-19-13/h2-4,9,12H,5-8H2,1H3,(H,18,21). The summed E-state index contributed by atoms with van der Waals surface area (Å²) in [7, 11) is 1.55. The van der Waals surface area contributed by atoms with Crippen LogP contribution in [0.25, 0.3) is 0 Å². The van der Waals surface area contributed by atoms with E-state index in [0.29, 0.717) is 30.9 Å². The maximum atomic E-state index is 13.0. The Hall–Kier alpha value is -2.83. The molecule has 7 nitrogen and oxygen atoms in total. The summed E-state index contributed by atoms with van der Waals surface area (Å²) in [6, 6.07) is 5.48. The van der Waals surface area contributed by atoms with E-state index in [1.807, 2.05) is 12.1 Å². The van der Waals surface area contributed by atoms with Gasteiger partial charge in [-0.15, -0.1) is 0 Å². The fraction of sp³-hybridized carbons (Fsp3) is 0.353. The Bertz CT molecular complexity index is 814. The number of carbonyl (C=O) groups is 2. The predicted molar refractivity (Wildman–Crippen MR) is 84.6 cm³/mol. The third-order valence-corrected chi connectivity index (χ3v) is 4.63. The van der Waals surface area contributed by atoms with Gasteiger partial charge in [0.15, 0.2) is 0 Å². The number of fused-ring (bicyclic) bond motifs is 2. The number of aromatic nitrogens is 1. The van der Waals surface area contributed by atoms with Crippen LogP contribution in [0.4, 0.5) is 5.69 Å². The number of amides is 2. The van der Waals surface area contributed by atoms with E-state index in [-0.39, 0.29) is 18.2 Å². The lowest BCUT2D eigenvalue weighted by molar-refractivity contribution is -0.135. The molecule has 1 aromatic heterocycles. The molecule has 0 radical (unpaired) electrons. The van der Waals surface area contributed by atoms with Gasteiger partial charge in [-0.25, -0.2) is 0 Å². The SMILES string of the molecule is COc1cccc2c1NC(=O)CC2C(=O)N1CCc2nocc2C1. The van der Waals surface area contributed by atoms with Gasteiger partial charge in [0.25, 0.3) is 0 Å². The molecule has 1 unspecified atom stereocenters. The molecule has 2 aromatic rings. The molecular formula is C17H17N3O4. The Morgan fingerprint density at radius 1 is 1.46 bits per heavy atom. The van der Waals surface area contributed by atoms with Gasteiger partial charge in [-0.2, -0.15) is 0 Å². The van der Waals surface area contributed by atoms with E-state index in [9.17, 15) is 9.59 Å². The normalized spacial score (nSPS) is 19.3. The van der Waals surface area contributed by atoms with Gasteiger partial charge in [-0.05, 0) is 11.6 Å². The van der Waals surface area contributed by atoms with Crippen LogP contribution in [0.1, 0.15) is 29.2 Å². The third kappa shape index (κ3) is 2.33. The van der Waals surface area contributed by atoms with Gasteiger partial charge in [-0.3, -0.25) is 9.59 Å². The Morgan fingerprint density at radius 2 is 2.33 bits per heavy atom. The van der Waals surface area contributed by atoms with Crippen molar-refractivity contribution in [2.45, 2.75) is 25.3 Å². The number of methoxy groups -OCH3 is 1. The van der Waals surface area contributed by atoms with Crippen LogP contribution in [-0.2, 0) is 22.6 Å². The van der Waals surface area contributed by atoms with Gasteiger partial charge in [0.05, 0.1) is 31.0 Å². The van der Waals surface area contributed by atoms with E-state index in [2.05, 4.69) is 10.5 Å². The molecule has 2 aliphatic heterocycles. The molecule has 1 N–H and O–H groups in total. The van der Waals surface area contributed by atoms with E-state index in [0.717, 1.165) is 16.8 Å². The lowest BCUT2D eigenvalue weighted by Gasteiger charge is -2.32. The summed E-state index contributed by atoms with van der Waals surface area (Å²) >= 11 is 0. The molecule has 7 heteroatoms. The van der Waals surface area contributed by atoms with Gasteiger partial charge in [-0.1, -0.05) is 17.3 Å². The first-order valence-electron chi connectivity index (χ1n) is 7.85. The molecule has 124 valence electrons. The second-order valence-electron chi connectivity index (χ2n) is 6.03. The van der Waals surface area contributed by atoms with Crippen molar-refractivity contribution in [3.63, 3.8) is 0 Å². The van der Waals surface area contributed by atoms with E-state index < -0.39 is 5.92 Å². The molecule has 0 saturated heterocycles. The topological polar surface area (TPSA) is 84.7 Å². The van der Waals surface area contributed by atoms with Crippen molar-refractivity contribution >= 4 is 17.5 Å². The van der Waals surface area contributed by atoms with E-state index in [4.69, 9.17) is 9.26 Å². The minimum Gasteiger partial charge on any atom is -0.495 e. The number of hydrogen-bond acceptors (Lipinski definition) is 5. The number of nitrogens with one attached hydrogen (secondary N) is 1.